The molecule has 3 atom stereocenters. The molecule has 0 saturated heterocycles. The maximum Gasteiger partial charge on any atom is 0.322 e. The predicted octanol–water partition coefficient (Wildman–Crippen LogP) is 3.41. The second-order valence-corrected chi connectivity index (χ2v) is 6.66. The van der Waals surface area contributed by atoms with Crippen LogP contribution in [0.1, 0.15) is 67.5 Å². The van der Waals surface area contributed by atoms with Gasteiger partial charge < -0.3 is 14.4 Å². The van der Waals surface area contributed by atoms with Crippen LogP contribution >= 0.6 is 0 Å². The number of amides is 1. The number of nitroso groups, excluding NO2 is 1. The Kier molecular flexibility index (Phi) is 4.74. The van der Waals surface area contributed by atoms with Gasteiger partial charge in [0.05, 0.1) is 6.61 Å². The SMILES string of the molecule is CCOC1=C(O)CC2c3cc(=O)c(C(=O)N=O)cn3C(CC)CC2C1. The van der Waals surface area contributed by atoms with Crippen molar-refractivity contribution in [3.05, 3.63) is 50.2 Å². The number of pyridine rings is 1. The van der Waals surface area contributed by atoms with Gasteiger partial charge in [0.1, 0.15) is 17.1 Å². The molecule has 1 N–H and O–H groups in total. The number of aliphatic hydroxyl groups excluding tert-OH is 1. The number of rotatable bonds is 4. The molecule has 3 rings (SSSR count). The van der Waals surface area contributed by atoms with Gasteiger partial charge in [-0.15, -0.1) is 4.91 Å². The third-order valence-electron chi connectivity index (χ3n) is 5.31. The molecule has 1 aromatic rings. The molecule has 0 saturated carbocycles. The van der Waals surface area contributed by atoms with Crippen LogP contribution in [0.2, 0.25) is 0 Å². The monoisotopic (exact) mass is 346 g/mol. The number of carbonyl (C=O) groups is 1. The molecule has 0 bridgehead atoms. The Balaban J connectivity index is 2.07. The molecule has 2 heterocycles. The minimum atomic E-state index is -1.04. The van der Waals surface area contributed by atoms with Crippen molar-refractivity contribution in [3.8, 4) is 0 Å². The standard InChI is InChI=1S/C18H22N2O5/c1-3-11-5-10-6-17(25-4-2)16(22)7-12(10)14-8-15(21)13(9-20(11)14)18(23)19-24/h8-12,22H,3-7H2,1-2H3. The largest absolute Gasteiger partial charge is 0.509 e. The molecule has 7 heteroatoms. The van der Waals surface area contributed by atoms with Gasteiger partial charge in [-0.1, -0.05) is 6.92 Å². The fraction of sp³-hybridized carbons (Fsp3) is 0.556. The van der Waals surface area contributed by atoms with Crippen LogP contribution in [-0.4, -0.2) is 22.2 Å². The summed E-state index contributed by atoms with van der Waals surface area (Å²) in [6, 6.07) is 1.55. The van der Waals surface area contributed by atoms with E-state index in [0.717, 1.165) is 18.5 Å². The summed E-state index contributed by atoms with van der Waals surface area (Å²) in [5.41, 5.74) is 0.115. The van der Waals surface area contributed by atoms with Crippen molar-refractivity contribution in [2.24, 2.45) is 11.1 Å². The van der Waals surface area contributed by atoms with Crippen molar-refractivity contribution in [1.29, 1.82) is 0 Å². The molecule has 2 aliphatic rings. The molecule has 25 heavy (non-hydrogen) atoms. The third kappa shape index (κ3) is 2.99. The lowest BCUT2D eigenvalue weighted by atomic mass is 9.72. The first-order chi connectivity index (χ1) is 12.0. The molecule has 1 aromatic heterocycles. The van der Waals surface area contributed by atoms with Crippen molar-refractivity contribution in [1.82, 2.24) is 4.57 Å². The van der Waals surface area contributed by atoms with E-state index in [1.807, 2.05) is 18.4 Å². The van der Waals surface area contributed by atoms with Crippen LogP contribution in [0.3, 0.4) is 0 Å². The molecule has 1 aliphatic carbocycles. The van der Waals surface area contributed by atoms with Gasteiger partial charge in [0.15, 0.2) is 5.43 Å². The summed E-state index contributed by atoms with van der Waals surface area (Å²) in [6.07, 6.45) is 4.22. The third-order valence-corrected chi connectivity index (χ3v) is 5.31. The van der Waals surface area contributed by atoms with E-state index in [2.05, 4.69) is 5.18 Å². The smallest absolute Gasteiger partial charge is 0.322 e. The second-order valence-electron chi connectivity index (χ2n) is 6.66. The Morgan fingerprint density at radius 2 is 2.16 bits per heavy atom. The molecular formula is C18H22N2O5. The van der Waals surface area contributed by atoms with Crippen molar-refractivity contribution < 1.29 is 14.6 Å². The fourth-order valence-electron chi connectivity index (χ4n) is 4.11. The van der Waals surface area contributed by atoms with Crippen molar-refractivity contribution in [2.45, 2.75) is 51.5 Å². The maximum atomic E-state index is 12.3. The highest BCUT2D eigenvalue weighted by Crippen LogP contribution is 2.48. The zero-order valence-electron chi connectivity index (χ0n) is 14.4. The van der Waals surface area contributed by atoms with Crippen molar-refractivity contribution in [2.75, 3.05) is 6.61 Å². The van der Waals surface area contributed by atoms with Gasteiger partial charge in [0.25, 0.3) is 0 Å². The van der Waals surface area contributed by atoms with Crippen molar-refractivity contribution >= 4 is 5.91 Å². The van der Waals surface area contributed by atoms with E-state index in [-0.39, 0.29) is 29.2 Å². The molecule has 0 aromatic carbocycles. The summed E-state index contributed by atoms with van der Waals surface area (Å²) in [6.45, 7) is 4.44. The molecule has 1 amide bonds. The summed E-state index contributed by atoms with van der Waals surface area (Å²) in [4.78, 5) is 34.4. The molecule has 1 aliphatic heterocycles. The summed E-state index contributed by atoms with van der Waals surface area (Å²) in [7, 11) is 0. The van der Waals surface area contributed by atoms with Crippen LogP contribution in [0.4, 0.5) is 0 Å². The number of hydrogen-bond donors (Lipinski definition) is 1. The van der Waals surface area contributed by atoms with E-state index in [9.17, 15) is 19.6 Å². The van der Waals surface area contributed by atoms with Crippen molar-refractivity contribution in [3.63, 3.8) is 0 Å². The molecule has 134 valence electrons. The molecule has 0 spiro atoms. The topological polar surface area (TPSA) is 98.0 Å². The molecule has 3 unspecified atom stereocenters. The number of hydrogen-bond acceptors (Lipinski definition) is 5. The molecule has 7 nitrogen and oxygen atoms in total. The first-order valence-corrected chi connectivity index (χ1v) is 8.67. The number of ether oxygens (including phenoxy) is 1. The second kappa shape index (κ2) is 6.82. The number of aliphatic hydroxyl groups is 1. The van der Waals surface area contributed by atoms with Crippen LogP contribution < -0.4 is 5.43 Å². The van der Waals surface area contributed by atoms with E-state index in [1.54, 1.807) is 0 Å². The van der Waals surface area contributed by atoms with E-state index in [4.69, 9.17) is 4.74 Å². The molecule has 0 fully saturated rings. The lowest BCUT2D eigenvalue weighted by Gasteiger charge is -2.42. The maximum absolute atomic E-state index is 12.3. The Hall–Kier alpha value is -2.44. The van der Waals surface area contributed by atoms with Crippen LogP contribution in [-0.2, 0) is 4.74 Å². The highest BCUT2D eigenvalue weighted by molar-refractivity contribution is 5.94. The highest BCUT2D eigenvalue weighted by Gasteiger charge is 2.39. The highest BCUT2D eigenvalue weighted by atomic mass is 16.5. The predicted molar refractivity (Wildman–Crippen MR) is 91.5 cm³/mol. The van der Waals surface area contributed by atoms with Crippen LogP contribution in [0, 0.1) is 10.8 Å². The fourth-order valence-corrected chi connectivity index (χ4v) is 4.11. The van der Waals surface area contributed by atoms with E-state index in [0.29, 0.717) is 25.2 Å². The van der Waals surface area contributed by atoms with Gasteiger partial charge in [-0.3, -0.25) is 9.59 Å². The summed E-state index contributed by atoms with van der Waals surface area (Å²) >= 11 is 0. The number of fused-ring (bicyclic) bond motifs is 3. The zero-order chi connectivity index (χ0) is 18.1. The average Bonchev–Trinajstić information content (AvgIpc) is 2.61. The van der Waals surface area contributed by atoms with Gasteiger partial charge in [0.2, 0.25) is 0 Å². The first kappa shape index (κ1) is 17.4. The quantitative estimate of drug-likeness (QED) is 0.843. The number of carbonyl (C=O) groups excluding carboxylic acids is 1. The molecule has 0 radical (unpaired) electrons. The van der Waals surface area contributed by atoms with E-state index in [1.165, 1.54) is 12.3 Å². The minimum absolute atomic E-state index is 0.00644. The van der Waals surface area contributed by atoms with Gasteiger partial charge in [-0.05, 0) is 25.7 Å². The number of nitrogens with zero attached hydrogens (tertiary/aromatic N) is 2. The first-order valence-electron chi connectivity index (χ1n) is 8.67. The lowest BCUT2D eigenvalue weighted by molar-refractivity contribution is 0.0997. The van der Waals surface area contributed by atoms with Gasteiger partial charge in [-0.25, -0.2) is 0 Å². The zero-order valence-corrected chi connectivity index (χ0v) is 14.4. The van der Waals surface area contributed by atoms with E-state index < -0.39 is 11.3 Å². The number of aromatic nitrogens is 1. The lowest BCUT2D eigenvalue weighted by Crippen LogP contribution is -2.35. The Morgan fingerprint density at radius 3 is 2.80 bits per heavy atom. The number of allylic oxidation sites excluding steroid dienone is 2. The van der Waals surface area contributed by atoms with Gasteiger partial charge >= 0.3 is 5.91 Å². The van der Waals surface area contributed by atoms with Crippen LogP contribution in [0.25, 0.3) is 0 Å². The molecular weight excluding hydrogens is 324 g/mol. The minimum Gasteiger partial charge on any atom is -0.509 e. The van der Waals surface area contributed by atoms with Gasteiger partial charge in [-0.2, -0.15) is 0 Å². The summed E-state index contributed by atoms with van der Waals surface area (Å²) in [5, 5.41) is 12.7. The Morgan fingerprint density at radius 1 is 1.40 bits per heavy atom. The summed E-state index contributed by atoms with van der Waals surface area (Å²) < 4.78 is 7.48. The van der Waals surface area contributed by atoms with Crippen LogP contribution in [0.5, 0.6) is 0 Å². The normalized spacial score (nSPS) is 25.1. The van der Waals surface area contributed by atoms with Crippen LogP contribution in [0.15, 0.2) is 33.8 Å². The average molecular weight is 346 g/mol. The Labute approximate surface area is 145 Å². The Bertz CT molecular complexity index is 795. The summed E-state index contributed by atoms with van der Waals surface area (Å²) in [5.74, 6) is 0.0982. The van der Waals surface area contributed by atoms with E-state index >= 15 is 0 Å². The van der Waals surface area contributed by atoms with Gasteiger partial charge in [0, 0.05) is 47.9 Å².